The van der Waals surface area contributed by atoms with Gasteiger partial charge in [-0.2, -0.15) is 5.10 Å². The van der Waals surface area contributed by atoms with Crippen molar-refractivity contribution in [2.75, 3.05) is 36.6 Å². The molecule has 5 rings (SSSR count). The number of hydrogen-bond acceptors (Lipinski definition) is 7. The van der Waals surface area contributed by atoms with Gasteiger partial charge in [-0.3, -0.25) is 9.59 Å². The average molecular weight is 519 g/mol. The van der Waals surface area contributed by atoms with E-state index in [1.807, 2.05) is 24.3 Å². The van der Waals surface area contributed by atoms with E-state index in [-0.39, 0.29) is 29.8 Å². The van der Waals surface area contributed by atoms with E-state index < -0.39 is 12.1 Å². The van der Waals surface area contributed by atoms with E-state index in [1.165, 1.54) is 11.6 Å². The molecule has 2 aromatic carbocycles. The van der Waals surface area contributed by atoms with Crippen LogP contribution in [0.25, 0.3) is 5.69 Å². The van der Waals surface area contributed by atoms with Gasteiger partial charge >= 0.3 is 5.97 Å². The van der Waals surface area contributed by atoms with Gasteiger partial charge in [0.1, 0.15) is 18.1 Å². The summed E-state index contributed by atoms with van der Waals surface area (Å²) in [5.41, 5.74) is 2.94. The van der Waals surface area contributed by atoms with Gasteiger partial charge in [0.25, 0.3) is 5.91 Å². The van der Waals surface area contributed by atoms with Crippen LogP contribution in [0.4, 0.5) is 11.4 Å². The maximum absolute atomic E-state index is 13.9. The Labute approximate surface area is 220 Å². The summed E-state index contributed by atoms with van der Waals surface area (Å²) in [5.74, 6) is -0.232. The van der Waals surface area contributed by atoms with Crippen LogP contribution in [0.5, 0.6) is 5.75 Å². The van der Waals surface area contributed by atoms with Gasteiger partial charge in [-0.1, -0.05) is 0 Å². The van der Waals surface area contributed by atoms with Gasteiger partial charge in [-0.15, -0.1) is 0 Å². The number of aliphatic hydroxyl groups excluding tert-OH is 1. The maximum Gasteiger partial charge on any atom is 0.359 e. The Morgan fingerprint density at radius 2 is 1.61 bits per heavy atom. The number of anilines is 2. The van der Waals surface area contributed by atoms with E-state index in [2.05, 4.69) is 5.10 Å². The van der Waals surface area contributed by atoms with Crippen molar-refractivity contribution >= 4 is 29.2 Å². The third-order valence-corrected chi connectivity index (χ3v) is 6.78. The minimum absolute atomic E-state index is 0.0587. The second-order valence-corrected chi connectivity index (χ2v) is 9.46. The third-order valence-electron chi connectivity index (χ3n) is 6.78. The Morgan fingerprint density at radius 1 is 0.947 bits per heavy atom. The van der Waals surface area contributed by atoms with E-state index in [0.29, 0.717) is 48.6 Å². The summed E-state index contributed by atoms with van der Waals surface area (Å²) in [5, 5.41) is 14.0. The van der Waals surface area contributed by atoms with E-state index in [1.54, 1.807) is 41.2 Å². The molecule has 2 aliphatic heterocycles. The van der Waals surface area contributed by atoms with Crippen molar-refractivity contribution in [1.29, 1.82) is 0 Å². The number of methoxy groups -OCH3 is 1. The van der Waals surface area contributed by atoms with Crippen molar-refractivity contribution in [3.8, 4) is 11.4 Å². The molecule has 1 atom stereocenters. The second-order valence-electron chi connectivity index (χ2n) is 9.46. The average Bonchev–Trinajstić information content (AvgIpc) is 3.33. The minimum atomic E-state index is -0.821. The van der Waals surface area contributed by atoms with Crippen molar-refractivity contribution < 1.29 is 29.0 Å². The van der Waals surface area contributed by atoms with Crippen molar-refractivity contribution in [2.24, 2.45) is 0 Å². The molecule has 10 heteroatoms. The van der Waals surface area contributed by atoms with Gasteiger partial charge in [-0.25, -0.2) is 9.48 Å². The zero-order valence-corrected chi connectivity index (χ0v) is 21.4. The molecular formula is C28H30N4O6. The molecule has 3 aromatic rings. The fourth-order valence-electron chi connectivity index (χ4n) is 4.84. The summed E-state index contributed by atoms with van der Waals surface area (Å²) in [6, 6.07) is 14.4. The number of esters is 1. The first kappa shape index (κ1) is 25.5. The van der Waals surface area contributed by atoms with Gasteiger partial charge < -0.3 is 24.4 Å². The molecule has 0 bridgehead atoms. The lowest BCUT2D eigenvalue weighted by Gasteiger charge is -2.29. The number of benzene rings is 2. The van der Waals surface area contributed by atoms with Crippen LogP contribution in [-0.4, -0.2) is 65.6 Å². The molecule has 0 saturated carbocycles. The van der Waals surface area contributed by atoms with Gasteiger partial charge in [0, 0.05) is 36.4 Å². The number of carbonyl (C=O) groups is 3. The molecule has 2 aliphatic rings. The molecule has 198 valence electrons. The molecule has 0 radical (unpaired) electrons. The largest absolute Gasteiger partial charge is 0.497 e. The summed E-state index contributed by atoms with van der Waals surface area (Å²) in [6.45, 7) is 2.39. The zero-order valence-electron chi connectivity index (χ0n) is 21.4. The van der Waals surface area contributed by atoms with E-state index in [9.17, 15) is 19.5 Å². The number of fused-ring (bicyclic) bond motifs is 1. The van der Waals surface area contributed by atoms with Crippen LogP contribution in [0.15, 0.2) is 48.5 Å². The Morgan fingerprint density at radius 3 is 2.24 bits per heavy atom. The van der Waals surface area contributed by atoms with Crippen molar-refractivity contribution in [2.45, 2.75) is 38.7 Å². The molecule has 0 spiro atoms. The van der Waals surface area contributed by atoms with Crippen molar-refractivity contribution in [1.82, 2.24) is 9.78 Å². The number of carbonyl (C=O) groups excluding carboxylic acids is 3. The molecule has 38 heavy (non-hydrogen) atoms. The number of aliphatic hydroxyl groups is 1. The van der Waals surface area contributed by atoms with E-state index >= 15 is 0 Å². The lowest BCUT2D eigenvalue weighted by atomic mass is 10.0. The maximum atomic E-state index is 13.9. The zero-order chi connectivity index (χ0) is 26.8. The standard InChI is InChI=1S/C28H30N4O6/c1-18(33)17-38-28(36)25-23-14-16-31(20-8-6-19(7-9-20)30-15-4-3-5-24(30)34)27(35)26(23)32(29-25)21-10-12-22(37-2)13-11-21/h6-13,18,33H,3-5,14-17H2,1-2H3. The van der Waals surface area contributed by atoms with Gasteiger partial charge in [0.05, 0.1) is 18.9 Å². The Hall–Kier alpha value is -4.18. The highest BCUT2D eigenvalue weighted by Crippen LogP contribution is 2.31. The lowest BCUT2D eigenvalue weighted by Crippen LogP contribution is -2.39. The first-order valence-electron chi connectivity index (χ1n) is 12.7. The quantitative estimate of drug-likeness (QED) is 0.478. The molecule has 3 heterocycles. The smallest absolute Gasteiger partial charge is 0.359 e. The predicted molar refractivity (Wildman–Crippen MR) is 140 cm³/mol. The van der Waals surface area contributed by atoms with Crippen molar-refractivity contribution in [3.05, 3.63) is 65.5 Å². The first-order valence-corrected chi connectivity index (χ1v) is 12.7. The Bertz CT molecular complexity index is 1350. The molecule has 1 fully saturated rings. The predicted octanol–water partition coefficient (Wildman–Crippen LogP) is 3.14. The number of amides is 2. The number of ether oxygens (including phenoxy) is 2. The van der Waals surface area contributed by atoms with Crippen LogP contribution in [0.3, 0.4) is 0 Å². The van der Waals surface area contributed by atoms with Gasteiger partial charge in [0.2, 0.25) is 5.91 Å². The fraction of sp³-hybridized carbons (Fsp3) is 0.357. The Balaban J connectivity index is 1.49. The second kappa shape index (κ2) is 10.7. The van der Waals surface area contributed by atoms with Crippen LogP contribution in [0.1, 0.15) is 52.7 Å². The van der Waals surface area contributed by atoms with E-state index in [0.717, 1.165) is 18.5 Å². The molecule has 1 unspecified atom stereocenters. The number of aromatic nitrogens is 2. The normalized spacial score (nSPS) is 16.3. The summed E-state index contributed by atoms with van der Waals surface area (Å²) in [7, 11) is 1.56. The summed E-state index contributed by atoms with van der Waals surface area (Å²) in [4.78, 5) is 42.5. The third kappa shape index (κ3) is 4.87. The lowest BCUT2D eigenvalue weighted by molar-refractivity contribution is -0.119. The molecule has 1 N–H and O–H groups in total. The van der Waals surface area contributed by atoms with Crippen LogP contribution < -0.4 is 14.5 Å². The summed E-state index contributed by atoms with van der Waals surface area (Å²) in [6.07, 6.45) is 2.00. The molecule has 10 nitrogen and oxygen atoms in total. The highest BCUT2D eigenvalue weighted by Gasteiger charge is 2.36. The van der Waals surface area contributed by atoms with Crippen LogP contribution in [-0.2, 0) is 16.0 Å². The molecule has 0 aliphatic carbocycles. The SMILES string of the molecule is COc1ccc(-n2nc(C(=O)OCC(C)O)c3c2C(=O)N(c2ccc(N4CCCCC4=O)cc2)CC3)cc1. The van der Waals surface area contributed by atoms with Crippen LogP contribution in [0, 0.1) is 0 Å². The van der Waals surface area contributed by atoms with Gasteiger partial charge in [-0.05, 0) is 74.7 Å². The van der Waals surface area contributed by atoms with Crippen molar-refractivity contribution in [3.63, 3.8) is 0 Å². The van der Waals surface area contributed by atoms with Crippen LogP contribution >= 0.6 is 0 Å². The first-order chi connectivity index (χ1) is 18.4. The van der Waals surface area contributed by atoms with Crippen LogP contribution in [0.2, 0.25) is 0 Å². The molecular weight excluding hydrogens is 488 g/mol. The number of piperidine rings is 1. The monoisotopic (exact) mass is 518 g/mol. The molecule has 2 amide bonds. The topological polar surface area (TPSA) is 114 Å². The number of nitrogens with zero attached hydrogens (tertiary/aromatic N) is 4. The highest BCUT2D eigenvalue weighted by atomic mass is 16.5. The molecule has 1 aromatic heterocycles. The summed E-state index contributed by atoms with van der Waals surface area (Å²) < 4.78 is 11.9. The highest BCUT2D eigenvalue weighted by molar-refractivity contribution is 6.09. The minimum Gasteiger partial charge on any atom is -0.497 e. The number of hydrogen-bond donors (Lipinski definition) is 1. The Kier molecular flexibility index (Phi) is 7.15. The van der Waals surface area contributed by atoms with Gasteiger partial charge in [0.15, 0.2) is 5.69 Å². The number of rotatable bonds is 7. The fourth-order valence-corrected chi connectivity index (χ4v) is 4.84. The molecule has 1 saturated heterocycles. The summed E-state index contributed by atoms with van der Waals surface area (Å²) >= 11 is 0. The van der Waals surface area contributed by atoms with E-state index in [4.69, 9.17) is 9.47 Å².